The van der Waals surface area contributed by atoms with Gasteiger partial charge in [0, 0.05) is 48.6 Å². The lowest BCUT2D eigenvalue weighted by Crippen LogP contribution is -2.30. The Morgan fingerprint density at radius 2 is 1.56 bits per heavy atom. The zero-order valence-corrected chi connectivity index (χ0v) is 14.6. The summed E-state index contributed by atoms with van der Waals surface area (Å²) < 4.78 is 0. The Balaban J connectivity index is 1.80. The van der Waals surface area contributed by atoms with E-state index in [1.165, 1.54) is 30.7 Å². The van der Waals surface area contributed by atoms with E-state index in [0.717, 1.165) is 31.6 Å². The molecule has 0 spiro atoms. The molecular weight excluding hydrogens is 350 g/mol. The molecule has 2 aromatic rings. The number of hydrogen-bond donors (Lipinski definition) is 1. The van der Waals surface area contributed by atoms with Crippen LogP contribution in [0, 0.1) is 20.2 Å². The second-order valence-electron chi connectivity index (χ2n) is 6.22. The molecule has 1 aliphatic rings. The third-order valence-corrected chi connectivity index (χ3v) is 4.39. The van der Waals surface area contributed by atoms with E-state index >= 15 is 0 Å². The largest absolute Gasteiger partial charge is 0.371 e. The van der Waals surface area contributed by atoms with Crippen molar-refractivity contribution in [3.8, 4) is 0 Å². The maximum atomic E-state index is 11.1. The average Bonchev–Trinajstić information content (AvgIpc) is 2.69. The second-order valence-corrected chi connectivity index (χ2v) is 6.22. The van der Waals surface area contributed by atoms with Crippen LogP contribution in [0.5, 0.6) is 0 Å². The number of hydrogen-bond acceptors (Lipinski definition) is 7. The average molecular weight is 369 g/mol. The molecule has 9 heteroatoms. The second kappa shape index (κ2) is 8.26. The van der Waals surface area contributed by atoms with Crippen molar-refractivity contribution >= 4 is 29.0 Å². The van der Waals surface area contributed by atoms with Gasteiger partial charge < -0.3 is 4.90 Å². The van der Waals surface area contributed by atoms with Crippen LogP contribution in [-0.4, -0.2) is 29.2 Å². The van der Waals surface area contributed by atoms with E-state index in [1.807, 2.05) is 0 Å². The predicted molar refractivity (Wildman–Crippen MR) is 103 cm³/mol. The third kappa shape index (κ3) is 4.57. The molecule has 0 amide bonds. The molecule has 1 fully saturated rings. The van der Waals surface area contributed by atoms with E-state index < -0.39 is 9.85 Å². The van der Waals surface area contributed by atoms with Crippen LogP contribution in [0.4, 0.5) is 22.7 Å². The molecule has 2 aromatic carbocycles. The minimum Gasteiger partial charge on any atom is -0.371 e. The molecule has 0 unspecified atom stereocenters. The van der Waals surface area contributed by atoms with E-state index in [2.05, 4.69) is 15.4 Å². The van der Waals surface area contributed by atoms with Gasteiger partial charge in [-0.15, -0.1) is 0 Å². The first-order valence-corrected chi connectivity index (χ1v) is 8.61. The molecule has 0 aliphatic carbocycles. The summed E-state index contributed by atoms with van der Waals surface area (Å²) in [7, 11) is 0. The number of nitrogens with zero attached hydrogens (tertiary/aromatic N) is 4. The maximum absolute atomic E-state index is 11.1. The van der Waals surface area contributed by atoms with E-state index in [4.69, 9.17) is 0 Å². The predicted octanol–water partition coefficient (Wildman–Crippen LogP) is 3.94. The van der Waals surface area contributed by atoms with Gasteiger partial charge in [0.2, 0.25) is 0 Å². The standard InChI is InChI=1S/C18H19N5O4/c24-22(25)16-6-4-15(5-7-16)20-19-13-14-12-17(23(26)27)8-9-18(14)21-10-2-1-3-11-21/h4-9,12-13,20H,1-3,10-11H2/b19-13-. The summed E-state index contributed by atoms with van der Waals surface area (Å²) in [5, 5.41) is 25.9. The molecule has 1 saturated heterocycles. The number of nitrogens with one attached hydrogen (secondary N) is 1. The number of piperidine rings is 1. The quantitative estimate of drug-likeness (QED) is 0.469. The molecule has 0 aromatic heterocycles. The molecular formula is C18H19N5O4. The Hall–Kier alpha value is -3.49. The minimum absolute atomic E-state index is 0.00408. The Kier molecular flexibility index (Phi) is 5.60. The van der Waals surface area contributed by atoms with Gasteiger partial charge in [0.05, 0.1) is 21.7 Å². The monoisotopic (exact) mass is 369 g/mol. The number of rotatable bonds is 6. The summed E-state index contributed by atoms with van der Waals surface area (Å²) >= 11 is 0. The summed E-state index contributed by atoms with van der Waals surface area (Å²) in [5.74, 6) is 0. The molecule has 0 saturated carbocycles. The lowest BCUT2D eigenvalue weighted by atomic mass is 10.1. The Morgan fingerprint density at radius 3 is 2.19 bits per heavy atom. The summed E-state index contributed by atoms with van der Waals surface area (Å²) in [6, 6.07) is 10.6. The highest BCUT2D eigenvalue weighted by Gasteiger charge is 2.17. The Labute approximate surface area is 155 Å². The molecule has 3 rings (SSSR count). The first kappa shape index (κ1) is 18.3. The van der Waals surface area contributed by atoms with Crippen molar-refractivity contribution in [3.63, 3.8) is 0 Å². The highest BCUT2D eigenvalue weighted by atomic mass is 16.6. The Bertz CT molecular complexity index is 861. The fourth-order valence-electron chi connectivity index (χ4n) is 3.02. The van der Waals surface area contributed by atoms with Crippen molar-refractivity contribution in [2.45, 2.75) is 19.3 Å². The summed E-state index contributed by atoms with van der Waals surface area (Å²) in [6.07, 6.45) is 4.91. The van der Waals surface area contributed by atoms with Crippen LogP contribution in [0.3, 0.4) is 0 Å². The number of nitro benzene ring substituents is 2. The number of hydrazone groups is 1. The van der Waals surface area contributed by atoms with Gasteiger partial charge in [-0.25, -0.2) is 0 Å². The Morgan fingerprint density at radius 1 is 0.926 bits per heavy atom. The first-order chi connectivity index (χ1) is 13.0. The highest BCUT2D eigenvalue weighted by molar-refractivity contribution is 5.89. The van der Waals surface area contributed by atoms with Gasteiger partial charge in [-0.3, -0.25) is 25.7 Å². The topological polar surface area (TPSA) is 114 Å². The number of anilines is 2. The summed E-state index contributed by atoms with van der Waals surface area (Å²) in [6.45, 7) is 1.82. The van der Waals surface area contributed by atoms with Crippen LogP contribution in [0.1, 0.15) is 24.8 Å². The lowest BCUT2D eigenvalue weighted by molar-refractivity contribution is -0.385. The summed E-state index contributed by atoms with van der Waals surface area (Å²) in [5.41, 5.74) is 4.95. The van der Waals surface area contributed by atoms with Crippen LogP contribution < -0.4 is 10.3 Å². The minimum atomic E-state index is -0.471. The van der Waals surface area contributed by atoms with Gasteiger partial charge in [0.25, 0.3) is 11.4 Å². The van der Waals surface area contributed by atoms with Gasteiger partial charge in [0.1, 0.15) is 0 Å². The zero-order chi connectivity index (χ0) is 19.2. The normalized spacial score (nSPS) is 14.3. The van der Waals surface area contributed by atoms with Crippen LogP contribution in [-0.2, 0) is 0 Å². The smallest absolute Gasteiger partial charge is 0.270 e. The summed E-state index contributed by atoms with van der Waals surface area (Å²) in [4.78, 5) is 23.1. The van der Waals surface area contributed by atoms with E-state index in [0.29, 0.717) is 11.3 Å². The van der Waals surface area contributed by atoms with Gasteiger partial charge in [-0.1, -0.05) is 0 Å². The molecule has 1 heterocycles. The van der Waals surface area contributed by atoms with Crippen molar-refractivity contribution in [1.82, 2.24) is 0 Å². The third-order valence-electron chi connectivity index (χ3n) is 4.39. The van der Waals surface area contributed by atoms with Crippen LogP contribution >= 0.6 is 0 Å². The molecule has 9 nitrogen and oxygen atoms in total. The first-order valence-electron chi connectivity index (χ1n) is 8.61. The molecule has 27 heavy (non-hydrogen) atoms. The SMILES string of the molecule is O=[N+]([O-])c1ccc(N/N=C\c2cc([N+](=O)[O-])ccc2N2CCCCC2)cc1. The lowest BCUT2D eigenvalue weighted by Gasteiger charge is -2.29. The van der Waals surface area contributed by atoms with Crippen molar-refractivity contribution < 1.29 is 9.85 Å². The molecule has 1 N–H and O–H groups in total. The highest BCUT2D eigenvalue weighted by Crippen LogP contribution is 2.27. The fraction of sp³-hybridized carbons (Fsp3) is 0.278. The van der Waals surface area contributed by atoms with E-state index in [-0.39, 0.29) is 11.4 Å². The molecule has 1 aliphatic heterocycles. The molecule has 140 valence electrons. The van der Waals surface area contributed by atoms with Crippen molar-refractivity contribution in [1.29, 1.82) is 0 Å². The molecule has 0 atom stereocenters. The van der Waals surface area contributed by atoms with Crippen molar-refractivity contribution in [3.05, 3.63) is 68.3 Å². The van der Waals surface area contributed by atoms with Crippen LogP contribution in [0.2, 0.25) is 0 Å². The van der Waals surface area contributed by atoms with E-state index in [9.17, 15) is 20.2 Å². The van der Waals surface area contributed by atoms with Crippen molar-refractivity contribution in [2.24, 2.45) is 5.10 Å². The molecule has 0 bridgehead atoms. The van der Waals surface area contributed by atoms with Crippen LogP contribution in [0.25, 0.3) is 0 Å². The van der Waals surface area contributed by atoms with Crippen molar-refractivity contribution in [2.75, 3.05) is 23.4 Å². The zero-order valence-electron chi connectivity index (χ0n) is 14.6. The van der Waals surface area contributed by atoms with Crippen LogP contribution in [0.15, 0.2) is 47.6 Å². The number of nitro groups is 2. The van der Waals surface area contributed by atoms with Gasteiger partial charge in [-0.05, 0) is 37.5 Å². The fourth-order valence-corrected chi connectivity index (χ4v) is 3.02. The van der Waals surface area contributed by atoms with Gasteiger partial charge >= 0.3 is 0 Å². The molecule has 0 radical (unpaired) electrons. The number of non-ortho nitro benzene ring substituents is 2. The number of benzene rings is 2. The maximum Gasteiger partial charge on any atom is 0.270 e. The van der Waals surface area contributed by atoms with Gasteiger partial charge in [-0.2, -0.15) is 5.10 Å². The van der Waals surface area contributed by atoms with Gasteiger partial charge in [0.15, 0.2) is 0 Å². The van der Waals surface area contributed by atoms with E-state index in [1.54, 1.807) is 24.4 Å².